The molecule has 2 aromatic heterocycles. The van der Waals surface area contributed by atoms with Gasteiger partial charge in [0.1, 0.15) is 12.0 Å². The number of hydrogen-bond acceptors (Lipinski definition) is 7. The number of hydrogen-bond donors (Lipinski definition) is 4. The number of hydrazine groups is 1. The Bertz CT molecular complexity index is 995. The highest BCUT2D eigenvalue weighted by Gasteiger charge is 2.31. The van der Waals surface area contributed by atoms with Crippen molar-refractivity contribution < 1.29 is 22.4 Å². The number of furan rings is 1. The molecule has 1 aromatic carbocycles. The third-order valence-corrected chi connectivity index (χ3v) is 3.80. The number of benzene rings is 1. The van der Waals surface area contributed by atoms with E-state index in [1.807, 2.05) is 0 Å². The minimum absolute atomic E-state index is 0.00836. The number of anilines is 4. The van der Waals surface area contributed by atoms with Crippen LogP contribution in [0.2, 0.25) is 5.02 Å². The first-order chi connectivity index (χ1) is 13.3. The van der Waals surface area contributed by atoms with Gasteiger partial charge in [-0.05, 0) is 30.3 Å². The van der Waals surface area contributed by atoms with Crippen LogP contribution in [0.25, 0.3) is 0 Å². The second-order valence-corrected chi connectivity index (χ2v) is 5.77. The van der Waals surface area contributed by atoms with Crippen LogP contribution in [0.1, 0.15) is 16.1 Å². The number of carbonyl (C=O) groups excluding carboxylic acids is 1. The summed E-state index contributed by atoms with van der Waals surface area (Å²) in [5, 5.41) is 2.66. The molecule has 28 heavy (non-hydrogen) atoms. The van der Waals surface area contributed by atoms with E-state index in [2.05, 4.69) is 26.1 Å². The zero-order valence-corrected chi connectivity index (χ0v) is 14.6. The van der Waals surface area contributed by atoms with E-state index < -0.39 is 17.6 Å². The smallest absolute Gasteiger partial charge is 0.416 e. The van der Waals surface area contributed by atoms with Gasteiger partial charge in [-0.3, -0.25) is 15.6 Å². The van der Waals surface area contributed by atoms with Crippen molar-refractivity contribution in [3.05, 3.63) is 59.3 Å². The molecule has 5 N–H and O–H groups in total. The minimum atomic E-state index is -4.54. The molecular weight excluding hydrogens is 401 g/mol. The summed E-state index contributed by atoms with van der Waals surface area (Å²) < 4.78 is 43.6. The number of nitrogens with zero attached hydrogens (tertiary/aromatic N) is 2. The molecular formula is C16H12ClF3N6O2. The number of aromatic nitrogens is 2. The van der Waals surface area contributed by atoms with Gasteiger partial charge in [0.15, 0.2) is 17.4 Å². The molecule has 0 saturated carbocycles. The predicted octanol–water partition coefficient (Wildman–Crippen LogP) is 3.82. The quantitative estimate of drug-likeness (QED) is 0.470. The highest BCUT2D eigenvalue weighted by atomic mass is 35.5. The van der Waals surface area contributed by atoms with Crippen LogP contribution in [0, 0.1) is 0 Å². The zero-order chi connectivity index (χ0) is 20.3. The molecule has 0 atom stereocenters. The SMILES string of the molecule is Nc1c(NNC(=O)c2ccco2)ncnc1Nc1cc(C(F)(F)F)ccc1Cl. The molecule has 0 spiro atoms. The predicted molar refractivity (Wildman–Crippen MR) is 96.0 cm³/mol. The summed E-state index contributed by atoms with van der Waals surface area (Å²) in [6.45, 7) is 0. The first-order valence-electron chi connectivity index (χ1n) is 7.60. The van der Waals surface area contributed by atoms with Crippen molar-refractivity contribution in [1.29, 1.82) is 0 Å². The minimum Gasteiger partial charge on any atom is -0.459 e. The van der Waals surface area contributed by atoms with Crippen LogP contribution in [-0.4, -0.2) is 15.9 Å². The van der Waals surface area contributed by atoms with E-state index >= 15 is 0 Å². The molecule has 3 rings (SSSR count). The van der Waals surface area contributed by atoms with Crippen molar-refractivity contribution in [2.45, 2.75) is 6.18 Å². The van der Waals surface area contributed by atoms with E-state index in [9.17, 15) is 18.0 Å². The van der Waals surface area contributed by atoms with Crippen molar-refractivity contribution in [3.63, 3.8) is 0 Å². The maximum Gasteiger partial charge on any atom is 0.416 e. The van der Waals surface area contributed by atoms with Gasteiger partial charge in [-0.25, -0.2) is 9.97 Å². The maximum absolute atomic E-state index is 12.9. The lowest BCUT2D eigenvalue weighted by Crippen LogP contribution is -2.30. The van der Waals surface area contributed by atoms with Gasteiger partial charge < -0.3 is 15.5 Å². The van der Waals surface area contributed by atoms with Gasteiger partial charge in [-0.15, -0.1) is 0 Å². The Labute approximate surface area is 160 Å². The summed E-state index contributed by atoms with van der Waals surface area (Å²) in [5.74, 6) is -0.529. The Morgan fingerprint density at radius 2 is 1.93 bits per heavy atom. The van der Waals surface area contributed by atoms with Crippen molar-refractivity contribution in [2.24, 2.45) is 0 Å². The molecule has 0 saturated heterocycles. The van der Waals surface area contributed by atoms with E-state index in [0.29, 0.717) is 0 Å². The van der Waals surface area contributed by atoms with Gasteiger partial charge in [0.2, 0.25) is 0 Å². The number of halogens is 4. The molecule has 0 bridgehead atoms. The summed E-state index contributed by atoms with van der Waals surface area (Å²) in [6, 6.07) is 5.77. The lowest BCUT2D eigenvalue weighted by molar-refractivity contribution is -0.137. The summed E-state index contributed by atoms with van der Waals surface area (Å²) in [4.78, 5) is 19.6. The van der Waals surface area contributed by atoms with Gasteiger partial charge in [-0.1, -0.05) is 11.6 Å². The third-order valence-electron chi connectivity index (χ3n) is 3.47. The first-order valence-corrected chi connectivity index (χ1v) is 7.97. The molecule has 1 amide bonds. The van der Waals surface area contributed by atoms with E-state index in [1.165, 1.54) is 18.4 Å². The fourth-order valence-corrected chi connectivity index (χ4v) is 2.27. The highest BCUT2D eigenvalue weighted by Crippen LogP contribution is 2.35. The van der Waals surface area contributed by atoms with E-state index in [-0.39, 0.29) is 33.8 Å². The van der Waals surface area contributed by atoms with Crippen molar-refractivity contribution in [3.8, 4) is 0 Å². The Kier molecular flexibility index (Phi) is 5.27. The summed E-state index contributed by atoms with van der Waals surface area (Å²) in [5.41, 5.74) is 9.73. The summed E-state index contributed by atoms with van der Waals surface area (Å²) in [6.07, 6.45) is -2.11. The Morgan fingerprint density at radius 1 is 1.18 bits per heavy atom. The third kappa shape index (κ3) is 4.26. The topological polar surface area (TPSA) is 118 Å². The molecule has 12 heteroatoms. The fourth-order valence-electron chi connectivity index (χ4n) is 2.11. The van der Waals surface area contributed by atoms with Crippen LogP contribution in [0.3, 0.4) is 0 Å². The highest BCUT2D eigenvalue weighted by molar-refractivity contribution is 6.33. The van der Waals surface area contributed by atoms with E-state index in [1.54, 1.807) is 0 Å². The number of carbonyl (C=O) groups is 1. The largest absolute Gasteiger partial charge is 0.459 e. The van der Waals surface area contributed by atoms with Crippen LogP contribution in [0.15, 0.2) is 47.3 Å². The lowest BCUT2D eigenvalue weighted by atomic mass is 10.2. The Balaban J connectivity index is 1.79. The Morgan fingerprint density at radius 3 is 2.61 bits per heavy atom. The van der Waals surface area contributed by atoms with Gasteiger partial charge in [0.25, 0.3) is 0 Å². The second-order valence-electron chi connectivity index (χ2n) is 5.36. The van der Waals surface area contributed by atoms with Crippen molar-refractivity contribution in [2.75, 3.05) is 16.5 Å². The number of alkyl halides is 3. The molecule has 0 radical (unpaired) electrons. The molecule has 2 heterocycles. The normalized spacial score (nSPS) is 11.1. The number of nitrogens with one attached hydrogen (secondary N) is 3. The van der Waals surface area contributed by atoms with Gasteiger partial charge in [-0.2, -0.15) is 13.2 Å². The van der Waals surface area contributed by atoms with Crippen LogP contribution < -0.4 is 21.9 Å². The summed E-state index contributed by atoms with van der Waals surface area (Å²) in [7, 11) is 0. The number of amides is 1. The van der Waals surface area contributed by atoms with Gasteiger partial charge >= 0.3 is 12.1 Å². The monoisotopic (exact) mass is 412 g/mol. The number of nitrogen functional groups attached to an aromatic ring is 1. The molecule has 146 valence electrons. The standard InChI is InChI=1S/C16H12ClF3N6O2/c17-9-4-3-8(16(18,19)20)6-10(9)24-13-12(21)14(23-7-22-13)25-26-15(27)11-2-1-5-28-11/h1-7H,21H2,(H,26,27)(H2,22,23,24,25). The molecule has 0 aliphatic rings. The van der Waals surface area contributed by atoms with E-state index in [4.69, 9.17) is 21.8 Å². The van der Waals surface area contributed by atoms with Crippen LogP contribution >= 0.6 is 11.6 Å². The van der Waals surface area contributed by atoms with Crippen molar-refractivity contribution in [1.82, 2.24) is 15.4 Å². The first kappa shape index (κ1) is 19.3. The average molecular weight is 413 g/mol. The number of rotatable bonds is 5. The molecule has 0 aliphatic carbocycles. The fraction of sp³-hybridized carbons (Fsp3) is 0.0625. The molecule has 3 aromatic rings. The molecule has 8 nitrogen and oxygen atoms in total. The number of nitrogens with two attached hydrogens (primary N) is 1. The molecule has 0 fully saturated rings. The Hall–Kier alpha value is -3.47. The van der Waals surface area contributed by atoms with Crippen LogP contribution in [-0.2, 0) is 6.18 Å². The van der Waals surface area contributed by atoms with Gasteiger partial charge in [0.05, 0.1) is 22.5 Å². The average Bonchev–Trinajstić information content (AvgIpc) is 3.17. The second kappa shape index (κ2) is 7.64. The lowest BCUT2D eigenvalue weighted by Gasteiger charge is -2.15. The molecule has 0 unspecified atom stereocenters. The van der Waals surface area contributed by atoms with Gasteiger partial charge in [0, 0.05) is 0 Å². The molecule has 0 aliphatic heterocycles. The maximum atomic E-state index is 12.9. The summed E-state index contributed by atoms with van der Waals surface area (Å²) >= 11 is 5.95. The zero-order valence-electron chi connectivity index (χ0n) is 13.8. The van der Waals surface area contributed by atoms with Crippen LogP contribution in [0.5, 0.6) is 0 Å². The van der Waals surface area contributed by atoms with Crippen LogP contribution in [0.4, 0.5) is 36.2 Å². The van der Waals surface area contributed by atoms with E-state index in [0.717, 1.165) is 24.5 Å². The van der Waals surface area contributed by atoms with Crippen molar-refractivity contribution >= 4 is 40.5 Å².